The SMILES string of the molecule is Cc1cccc(NC(=O)c2c(N)n(/N=C\c3ccccc3O)c3nc4ccccc4nc23)c1. The van der Waals surface area contributed by atoms with E-state index < -0.39 is 5.91 Å². The van der Waals surface area contributed by atoms with E-state index in [9.17, 15) is 9.90 Å². The standard InChI is InChI=1S/C25H20N6O2/c1-15-7-6-9-17(13-15)28-25(33)21-22-24(30-19-11-4-3-10-18(19)29-22)31(23(21)26)27-14-16-8-2-5-12-20(16)32/h2-14,32H,26H2,1H3,(H,28,33)/b27-14-. The van der Waals surface area contributed by atoms with E-state index in [4.69, 9.17) is 5.73 Å². The number of phenols is 1. The number of para-hydroxylation sites is 3. The van der Waals surface area contributed by atoms with Gasteiger partial charge < -0.3 is 16.2 Å². The van der Waals surface area contributed by atoms with Gasteiger partial charge in [-0.1, -0.05) is 36.4 Å². The first-order valence-corrected chi connectivity index (χ1v) is 10.3. The molecule has 2 heterocycles. The van der Waals surface area contributed by atoms with Crippen LogP contribution in [0.15, 0.2) is 77.9 Å². The highest BCUT2D eigenvalue weighted by Gasteiger charge is 2.24. The number of nitrogens with two attached hydrogens (primary N) is 1. The van der Waals surface area contributed by atoms with Gasteiger partial charge in [-0.05, 0) is 48.9 Å². The van der Waals surface area contributed by atoms with Gasteiger partial charge in [0, 0.05) is 11.3 Å². The fourth-order valence-electron chi connectivity index (χ4n) is 3.62. The Morgan fingerprint density at radius 3 is 2.52 bits per heavy atom. The van der Waals surface area contributed by atoms with Crippen LogP contribution in [-0.4, -0.2) is 31.9 Å². The highest BCUT2D eigenvalue weighted by Crippen LogP contribution is 2.29. The maximum absolute atomic E-state index is 13.3. The molecule has 33 heavy (non-hydrogen) atoms. The van der Waals surface area contributed by atoms with Crippen LogP contribution in [-0.2, 0) is 0 Å². The van der Waals surface area contributed by atoms with Crippen LogP contribution in [0.1, 0.15) is 21.5 Å². The molecule has 4 N–H and O–H groups in total. The zero-order valence-corrected chi connectivity index (χ0v) is 17.7. The third kappa shape index (κ3) is 3.74. The maximum atomic E-state index is 13.3. The maximum Gasteiger partial charge on any atom is 0.261 e. The number of amides is 1. The Hall–Kier alpha value is -4.72. The van der Waals surface area contributed by atoms with Crippen molar-refractivity contribution >= 4 is 45.8 Å². The molecular weight excluding hydrogens is 416 g/mol. The molecular formula is C25H20N6O2. The second-order valence-corrected chi connectivity index (χ2v) is 7.58. The molecule has 5 aromatic rings. The Kier molecular flexibility index (Phi) is 4.95. The molecule has 0 atom stereocenters. The van der Waals surface area contributed by atoms with E-state index in [0.29, 0.717) is 33.4 Å². The molecule has 0 aliphatic rings. The summed E-state index contributed by atoms with van der Waals surface area (Å²) in [5.74, 6) is -0.244. The van der Waals surface area contributed by atoms with E-state index >= 15 is 0 Å². The molecule has 8 heteroatoms. The summed E-state index contributed by atoms with van der Waals surface area (Å²) in [5.41, 5.74) is 10.7. The summed E-state index contributed by atoms with van der Waals surface area (Å²) in [6, 6.07) is 21.6. The number of nitrogen functional groups attached to an aromatic ring is 1. The number of nitrogens with zero attached hydrogens (tertiary/aromatic N) is 4. The number of carbonyl (C=O) groups excluding carboxylic acids is 1. The number of anilines is 2. The van der Waals surface area contributed by atoms with Gasteiger partial charge in [0.15, 0.2) is 5.65 Å². The Morgan fingerprint density at radius 2 is 1.76 bits per heavy atom. The summed E-state index contributed by atoms with van der Waals surface area (Å²) in [6.07, 6.45) is 1.46. The molecule has 162 valence electrons. The van der Waals surface area contributed by atoms with Crippen molar-refractivity contribution in [1.29, 1.82) is 0 Å². The summed E-state index contributed by atoms with van der Waals surface area (Å²) in [4.78, 5) is 22.6. The number of carbonyl (C=O) groups is 1. The molecule has 3 aromatic carbocycles. The highest BCUT2D eigenvalue weighted by atomic mass is 16.3. The van der Waals surface area contributed by atoms with E-state index in [1.807, 2.05) is 49.4 Å². The second-order valence-electron chi connectivity index (χ2n) is 7.58. The van der Waals surface area contributed by atoms with Crippen LogP contribution in [0.5, 0.6) is 5.75 Å². The van der Waals surface area contributed by atoms with Crippen molar-refractivity contribution in [3.8, 4) is 5.75 Å². The van der Waals surface area contributed by atoms with E-state index in [2.05, 4.69) is 20.4 Å². The van der Waals surface area contributed by atoms with Gasteiger partial charge in [0.05, 0.1) is 17.2 Å². The van der Waals surface area contributed by atoms with Crippen LogP contribution < -0.4 is 11.1 Å². The summed E-state index contributed by atoms with van der Waals surface area (Å²) in [6.45, 7) is 1.95. The van der Waals surface area contributed by atoms with Crippen LogP contribution in [0.4, 0.5) is 11.5 Å². The average molecular weight is 436 g/mol. The number of aromatic nitrogens is 3. The number of rotatable bonds is 4. The van der Waals surface area contributed by atoms with Gasteiger partial charge >= 0.3 is 0 Å². The lowest BCUT2D eigenvalue weighted by atomic mass is 10.2. The lowest BCUT2D eigenvalue weighted by molar-refractivity contribution is 0.102. The second kappa shape index (κ2) is 8.08. The quantitative estimate of drug-likeness (QED) is 0.363. The smallest absolute Gasteiger partial charge is 0.261 e. The van der Waals surface area contributed by atoms with Gasteiger partial charge in [0.1, 0.15) is 22.6 Å². The van der Waals surface area contributed by atoms with Crippen LogP contribution >= 0.6 is 0 Å². The minimum Gasteiger partial charge on any atom is -0.507 e. The number of nitrogens with one attached hydrogen (secondary N) is 1. The van der Waals surface area contributed by atoms with Crippen LogP contribution in [0.3, 0.4) is 0 Å². The van der Waals surface area contributed by atoms with Crippen molar-refractivity contribution in [2.24, 2.45) is 5.10 Å². The molecule has 0 bridgehead atoms. The van der Waals surface area contributed by atoms with Gasteiger partial charge in [0.2, 0.25) is 0 Å². The van der Waals surface area contributed by atoms with E-state index in [-0.39, 0.29) is 17.1 Å². The normalized spacial score (nSPS) is 11.4. The summed E-state index contributed by atoms with van der Waals surface area (Å²) in [5, 5.41) is 17.4. The molecule has 0 aliphatic carbocycles. The first kappa shape index (κ1) is 20.2. The van der Waals surface area contributed by atoms with Gasteiger partial charge in [-0.3, -0.25) is 4.79 Å². The number of aryl methyl sites for hydroxylation is 1. The van der Waals surface area contributed by atoms with Crippen molar-refractivity contribution in [1.82, 2.24) is 14.6 Å². The van der Waals surface area contributed by atoms with Crippen molar-refractivity contribution in [2.45, 2.75) is 6.92 Å². The fourth-order valence-corrected chi connectivity index (χ4v) is 3.62. The van der Waals surface area contributed by atoms with Crippen LogP contribution in [0.25, 0.3) is 22.2 Å². The van der Waals surface area contributed by atoms with Crippen molar-refractivity contribution in [2.75, 3.05) is 11.1 Å². The largest absolute Gasteiger partial charge is 0.507 e. The minimum atomic E-state index is -0.413. The number of phenolic OH excluding ortho intramolecular Hbond substituents is 1. The minimum absolute atomic E-state index is 0.0743. The third-order valence-corrected chi connectivity index (χ3v) is 5.23. The Morgan fingerprint density at radius 1 is 1.03 bits per heavy atom. The van der Waals surface area contributed by atoms with Gasteiger partial charge in [-0.25, -0.2) is 9.97 Å². The summed E-state index contributed by atoms with van der Waals surface area (Å²) < 4.78 is 1.37. The molecule has 0 saturated heterocycles. The van der Waals surface area contributed by atoms with Gasteiger partial charge in [0.25, 0.3) is 5.91 Å². The Bertz CT molecular complexity index is 1550. The molecule has 5 rings (SSSR count). The molecule has 0 unspecified atom stereocenters. The molecule has 1 amide bonds. The number of aromatic hydroxyl groups is 1. The third-order valence-electron chi connectivity index (χ3n) is 5.23. The van der Waals surface area contributed by atoms with Crippen molar-refractivity contribution < 1.29 is 9.90 Å². The molecule has 2 aromatic heterocycles. The molecule has 0 radical (unpaired) electrons. The van der Waals surface area contributed by atoms with E-state index in [1.165, 1.54) is 10.9 Å². The average Bonchev–Trinajstić information content (AvgIpc) is 3.07. The number of benzene rings is 3. The first-order valence-electron chi connectivity index (χ1n) is 10.3. The van der Waals surface area contributed by atoms with Crippen LogP contribution in [0.2, 0.25) is 0 Å². The molecule has 0 fully saturated rings. The summed E-state index contributed by atoms with van der Waals surface area (Å²) >= 11 is 0. The van der Waals surface area contributed by atoms with E-state index in [1.54, 1.807) is 30.3 Å². The predicted octanol–water partition coefficient (Wildman–Crippen LogP) is 4.32. The highest BCUT2D eigenvalue weighted by molar-refractivity contribution is 6.16. The Balaban J connectivity index is 1.68. The molecule has 8 nitrogen and oxygen atoms in total. The lowest BCUT2D eigenvalue weighted by Crippen LogP contribution is -2.14. The Labute approximate surface area is 189 Å². The first-order chi connectivity index (χ1) is 16.0. The van der Waals surface area contributed by atoms with Crippen molar-refractivity contribution in [3.63, 3.8) is 0 Å². The molecule has 0 saturated carbocycles. The van der Waals surface area contributed by atoms with E-state index in [0.717, 1.165) is 5.56 Å². The monoisotopic (exact) mass is 436 g/mol. The van der Waals surface area contributed by atoms with Crippen LogP contribution in [0, 0.1) is 6.92 Å². The zero-order chi connectivity index (χ0) is 22.9. The van der Waals surface area contributed by atoms with Gasteiger partial charge in [-0.15, -0.1) is 0 Å². The topological polar surface area (TPSA) is 118 Å². The predicted molar refractivity (Wildman–Crippen MR) is 130 cm³/mol. The number of hydrogen-bond acceptors (Lipinski definition) is 6. The fraction of sp³-hybridized carbons (Fsp3) is 0.0400. The number of fused-ring (bicyclic) bond motifs is 2. The van der Waals surface area contributed by atoms with Gasteiger partial charge in [-0.2, -0.15) is 9.78 Å². The number of hydrogen-bond donors (Lipinski definition) is 3. The van der Waals surface area contributed by atoms with Crippen molar-refractivity contribution in [3.05, 3.63) is 89.5 Å². The lowest BCUT2D eigenvalue weighted by Gasteiger charge is -2.06. The zero-order valence-electron chi connectivity index (χ0n) is 17.7. The molecule has 0 spiro atoms. The summed E-state index contributed by atoms with van der Waals surface area (Å²) in [7, 11) is 0. The molecule has 0 aliphatic heterocycles.